The summed E-state index contributed by atoms with van der Waals surface area (Å²) in [6.07, 6.45) is -8.36. The lowest BCUT2D eigenvalue weighted by Crippen LogP contribution is -2.63. The number of aliphatic hydroxyl groups excluding tert-OH is 6. The Kier molecular flexibility index (Phi) is 4.70. The van der Waals surface area contributed by atoms with Crippen LogP contribution < -0.4 is 0 Å². The molecule has 9 atom stereocenters. The van der Waals surface area contributed by atoms with Gasteiger partial charge in [-0.25, -0.2) is 0 Å². The predicted molar refractivity (Wildman–Crippen MR) is 70.6 cm³/mol. The molecule has 3 heterocycles. The molecule has 4 unspecified atom stereocenters. The van der Waals surface area contributed by atoms with Gasteiger partial charge in [-0.1, -0.05) is 0 Å². The summed E-state index contributed by atoms with van der Waals surface area (Å²) in [4.78, 5) is 1.83. The van der Waals surface area contributed by atoms with Gasteiger partial charge in [0.1, 0.15) is 30.5 Å². The maximum Gasteiger partial charge on any atom is 0.187 e. The Morgan fingerprint density at radius 1 is 1.00 bits per heavy atom. The highest BCUT2D eigenvalue weighted by Crippen LogP contribution is 2.33. The molecular formula is C13H23NO8. The van der Waals surface area contributed by atoms with Gasteiger partial charge in [0, 0.05) is 13.1 Å². The molecule has 0 aromatic heterocycles. The Hall–Kier alpha value is -0.360. The van der Waals surface area contributed by atoms with Gasteiger partial charge in [-0.15, -0.1) is 0 Å². The highest BCUT2D eigenvalue weighted by Gasteiger charge is 2.52. The summed E-state index contributed by atoms with van der Waals surface area (Å²) >= 11 is 0. The molecule has 9 heteroatoms. The van der Waals surface area contributed by atoms with Crippen molar-refractivity contribution in [2.75, 3.05) is 19.7 Å². The minimum atomic E-state index is -1.38. The van der Waals surface area contributed by atoms with Gasteiger partial charge < -0.3 is 40.1 Å². The lowest BCUT2D eigenvalue weighted by molar-refractivity contribution is -0.249. The summed E-state index contributed by atoms with van der Waals surface area (Å²) in [5.74, 6) is 0. The smallest absolute Gasteiger partial charge is 0.187 e. The Balaban J connectivity index is 1.74. The van der Waals surface area contributed by atoms with E-state index < -0.39 is 61.7 Å². The van der Waals surface area contributed by atoms with E-state index in [4.69, 9.17) is 14.6 Å². The van der Waals surface area contributed by atoms with E-state index in [0.29, 0.717) is 13.0 Å². The second kappa shape index (κ2) is 6.27. The maximum absolute atomic E-state index is 10.2. The van der Waals surface area contributed by atoms with Crippen molar-refractivity contribution in [3.63, 3.8) is 0 Å². The number of hydrogen-bond acceptors (Lipinski definition) is 9. The van der Waals surface area contributed by atoms with Crippen LogP contribution in [0.1, 0.15) is 6.42 Å². The second-order valence-corrected chi connectivity index (χ2v) is 6.21. The van der Waals surface area contributed by atoms with E-state index in [1.165, 1.54) is 0 Å². The second-order valence-electron chi connectivity index (χ2n) is 6.21. The Labute approximate surface area is 127 Å². The van der Waals surface area contributed by atoms with Crippen LogP contribution in [0.25, 0.3) is 0 Å². The zero-order valence-electron chi connectivity index (χ0n) is 12.0. The van der Waals surface area contributed by atoms with Gasteiger partial charge in [-0.3, -0.25) is 4.90 Å². The van der Waals surface area contributed by atoms with Gasteiger partial charge in [0.2, 0.25) is 0 Å². The van der Waals surface area contributed by atoms with E-state index in [1.807, 2.05) is 4.90 Å². The Morgan fingerprint density at radius 2 is 1.73 bits per heavy atom. The SMILES string of the molecule is OC[C@H]1O[C@@H](OC2C(O)C(O)CN3CC[C@H](O)C23)[C@H](O)[C@@H]1O. The molecular weight excluding hydrogens is 298 g/mol. The molecule has 0 spiro atoms. The van der Waals surface area contributed by atoms with Gasteiger partial charge in [-0.2, -0.15) is 0 Å². The Bertz CT molecular complexity index is 398. The number of piperidine rings is 1. The number of ether oxygens (including phenoxy) is 2. The maximum atomic E-state index is 10.2. The zero-order valence-corrected chi connectivity index (χ0v) is 12.0. The van der Waals surface area contributed by atoms with Crippen LogP contribution in [-0.2, 0) is 9.47 Å². The molecule has 0 aliphatic carbocycles. The third-order valence-electron chi connectivity index (χ3n) is 4.81. The van der Waals surface area contributed by atoms with Gasteiger partial charge in [-0.05, 0) is 6.42 Å². The highest BCUT2D eigenvalue weighted by atomic mass is 16.7. The molecule has 6 N–H and O–H groups in total. The van der Waals surface area contributed by atoms with Crippen LogP contribution in [0, 0.1) is 0 Å². The number of fused-ring (bicyclic) bond motifs is 1. The van der Waals surface area contributed by atoms with Gasteiger partial charge in [0.25, 0.3) is 0 Å². The monoisotopic (exact) mass is 321 g/mol. The van der Waals surface area contributed by atoms with E-state index >= 15 is 0 Å². The van der Waals surface area contributed by atoms with E-state index in [-0.39, 0.29) is 6.54 Å². The quantitative estimate of drug-likeness (QED) is 0.306. The van der Waals surface area contributed by atoms with Crippen molar-refractivity contribution in [2.45, 2.75) is 61.5 Å². The molecule has 0 amide bonds. The summed E-state index contributed by atoms with van der Waals surface area (Å²) in [6, 6.07) is -0.514. The first-order valence-corrected chi connectivity index (χ1v) is 7.50. The third kappa shape index (κ3) is 2.66. The van der Waals surface area contributed by atoms with Crippen molar-refractivity contribution in [2.24, 2.45) is 0 Å². The fraction of sp³-hybridized carbons (Fsp3) is 1.00. The molecule has 3 fully saturated rings. The van der Waals surface area contributed by atoms with Crippen molar-refractivity contribution in [3.05, 3.63) is 0 Å². The van der Waals surface area contributed by atoms with Crippen LogP contribution in [0.15, 0.2) is 0 Å². The molecule has 0 saturated carbocycles. The number of rotatable bonds is 3. The van der Waals surface area contributed by atoms with Crippen molar-refractivity contribution in [3.8, 4) is 0 Å². The molecule has 0 aromatic carbocycles. The standard InChI is InChI=1S/C13H23NO8/c15-4-7-10(19)11(20)13(21-7)22-12-8-5(16)1-2-14(8)3-6(17)9(12)18/h5-13,15-20H,1-4H2/t5-,6?,7+,8?,9?,10+,11+,12?,13-/m0/s1. The summed E-state index contributed by atoms with van der Waals surface area (Å²) < 4.78 is 10.8. The third-order valence-corrected chi connectivity index (χ3v) is 4.81. The molecule has 0 radical (unpaired) electrons. The molecule has 3 aliphatic heterocycles. The van der Waals surface area contributed by atoms with Gasteiger partial charge in [0.05, 0.1) is 24.9 Å². The van der Waals surface area contributed by atoms with Crippen LogP contribution >= 0.6 is 0 Å². The molecule has 22 heavy (non-hydrogen) atoms. The number of aliphatic hydroxyl groups is 6. The normalized spacial score (nSPS) is 52.9. The lowest BCUT2D eigenvalue weighted by Gasteiger charge is -2.44. The minimum absolute atomic E-state index is 0.235. The first-order chi connectivity index (χ1) is 10.4. The first-order valence-electron chi connectivity index (χ1n) is 7.50. The molecule has 3 rings (SSSR count). The van der Waals surface area contributed by atoms with E-state index in [2.05, 4.69) is 0 Å². The molecule has 0 aromatic rings. The Morgan fingerprint density at radius 3 is 2.36 bits per heavy atom. The molecule has 9 nitrogen and oxygen atoms in total. The minimum Gasteiger partial charge on any atom is -0.394 e. The molecule has 128 valence electrons. The average molecular weight is 321 g/mol. The molecule has 3 aliphatic rings. The predicted octanol–water partition coefficient (Wildman–Crippen LogP) is -4.02. The summed E-state index contributed by atoms with van der Waals surface area (Å²) in [7, 11) is 0. The number of nitrogens with zero attached hydrogens (tertiary/aromatic N) is 1. The highest BCUT2D eigenvalue weighted by molar-refractivity contribution is 5.03. The fourth-order valence-electron chi connectivity index (χ4n) is 3.56. The van der Waals surface area contributed by atoms with Crippen LogP contribution in [0.2, 0.25) is 0 Å². The zero-order chi connectivity index (χ0) is 16.0. The van der Waals surface area contributed by atoms with Crippen LogP contribution in [0.5, 0.6) is 0 Å². The van der Waals surface area contributed by atoms with Crippen molar-refractivity contribution in [1.29, 1.82) is 0 Å². The first kappa shape index (κ1) is 16.5. The lowest BCUT2D eigenvalue weighted by atomic mass is 9.92. The van der Waals surface area contributed by atoms with Gasteiger partial charge >= 0.3 is 0 Å². The van der Waals surface area contributed by atoms with Crippen LogP contribution in [0.4, 0.5) is 0 Å². The van der Waals surface area contributed by atoms with Crippen molar-refractivity contribution < 1.29 is 40.1 Å². The van der Waals surface area contributed by atoms with Crippen LogP contribution in [0.3, 0.4) is 0 Å². The summed E-state index contributed by atoms with van der Waals surface area (Å²) in [5.41, 5.74) is 0. The van der Waals surface area contributed by atoms with E-state index in [9.17, 15) is 25.5 Å². The van der Waals surface area contributed by atoms with Crippen molar-refractivity contribution >= 4 is 0 Å². The average Bonchev–Trinajstić information content (AvgIpc) is 2.98. The fourth-order valence-corrected chi connectivity index (χ4v) is 3.56. The van der Waals surface area contributed by atoms with Crippen molar-refractivity contribution in [1.82, 2.24) is 4.90 Å². The topological polar surface area (TPSA) is 143 Å². The molecule has 0 bridgehead atoms. The van der Waals surface area contributed by atoms with Gasteiger partial charge in [0.15, 0.2) is 6.29 Å². The molecule has 3 saturated heterocycles. The largest absolute Gasteiger partial charge is 0.394 e. The van der Waals surface area contributed by atoms with Crippen LogP contribution in [-0.4, -0.2) is 110 Å². The van der Waals surface area contributed by atoms with E-state index in [0.717, 1.165) is 0 Å². The summed E-state index contributed by atoms with van der Waals surface area (Å²) in [5, 5.41) is 58.9. The van der Waals surface area contributed by atoms with E-state index in [1.54, 1.807) is 0 Å². The number of hydrogen-bond donors (Lipinski definition) is 6. The summed E-state index contributed by atoms with van der Waals surface area (Å²) in [6.45, 7) is 0.330.